The van der Waals surface area contributed by atoms with Gasteiger partial charge in [0.1, 0.15) is 13.2 Å². The summed E-state index contributed by atoms with van der Waals surface area (Å²) < 4.78 is 17.0. The van der Waals surface area contributed by atoms with Crippen LogP contribution in [0.4, 0.5) is 0 Å². The number of hydrogen-bond donors (Lipinski definition) is 0. The second-order valence-corrected chi connectivity index (χ2v) is 21.9. The molecule has 6 heteroatoms. The molecule has 0 aliphatic heterocycles. The SMILES string of the molecule is CCCCCCCCCCCCCCCCCCCC(=O)OC[C@@H](COC(=O)CCCCCCCCCCCCCCCCC(C)CC)OC(=O)CCCCCCCCCCCCCCCCCC. The standard InChI is InChI=1S/C63H122O6/c1-5-8-10-12-14-16-18-20-22-24-26-30-34-38-42-46-50-54-61(64)67-57-60(69-63(66)56-52-48-44-40-36-32-25-23-21-19-17-15-13-11-9-6-2)58-68-62(65)55-51-47-43-39-35-31-28-27-29-33-37-41-45-49-53-59(4)7-3/h59-60H,5-58H2,1-4H3/t59?,60-/m0/s1. The van der Waals surface area contributed by atoms with E-state index in [1.165, 1.54) is 257 Å². The van der Waals surface area contributed by atoms with Gasteiger partial charge >= 0.3 is 17.9 Å². The van der Waals surface area contributed by atoms with E-state index >= 15 is 0 Å². The molecule has 0 aromatic rings. The van der Waals surface area contributed by atoms with Gasteiger partial charge in [0, 0.05) is 19.3 Å². The summed E-state index contributed by atoms with van der Waals surface area (Å²) in [4.78, 5) is 38.3. The normalized spacial score (nSPS) is 12.3. The van der Waals surface area contributed by atoms with Crippen LogP contribution < -0.4 is 0 Å². The molecule has 0 aliphatic carbocycles. The molecule has 0 bridgehead atoms. The predicted octanol–water partition coefficient (Wildman–Crippen LogP) is 21.0. The molecule has 0 aromatic heterocycles. The number of carbonyl (C=O) groups is 3. The maximum Gasteiger partial charge on any atom is 0.306 e. The maximum atomic E-state index is 12.9. The zero-order valence-corrected chi connectivity index (χ0v) is 47.3. The third-order valence-corrected chi connectivity index (χ3v) is 14.9. The number of hydrogen-bond acceptors (Lipinski definition) is 6. The number of unbranched alkanes of at least 4 members (excludes halogenated alkanes) is 44. The fraction of sp³-hybridized carbons (Fsp3) is 0.952. The number of rotatable bonds is 58. The minimum atomic E-state index is -0.763. The molecule has 0 amide bonds. The van der Waals surface area contributed by atoms with Crippen molar-refractivity contribution in [1.29, 1.82) is 0 Å². The summed E-state index contributed by atoms with van der Waals surface area (Å²) in [6.07, 6.45) is 63.8. The van der Waals surface area contributed by atoms with E-state index in [0.29, 0.717) is 19.3 Å². The number of carbonyl (C=O) groups excluding carboxylic acids is 3. The van der Waals surface area contributed by atoms with Crippen molar-refractivity contribution >= 4 is 17.9 Å². The molecule has 1 unspecified atom stereocenters. The zero-order chi connectivity index (χ0) is 50.2. The van der Waals surface area contributed by atoms with Crippen LogP contribution in [0.5, 0.6) is 0 Å². The van der Waals surface area contributed by atoms with Crippen LogP contribution in [-0.2, 0) is 28.6 Å². The molecule has 6 nitrogen and oxygen atoms in total. The maximum absolute atomic E-state index is 12.9. The Hall–Kier alpha value is -1.59. The van der Waals surface area contributed by atoms with Gasteiger partial charge in [-0.3, -0.25) is 14.4 Å². The smallest absolute Gasteiger partial charge is 0.306 e. The molecule has 0 saturated carbocycles. The highest BCUT2D eigenvalue weighted by atomic mass is 16.6. The van der Waals surface area contributed by atoms with Gasteiger partial charge in [0.05, 0.1) is 0 Å². The minimum absolute atomic E-state index is 0.0612. The average molecular weight is 976 g/mol. The van der Waals surface area contributed by atoms with Gasteiger partial charge in [-0.05, 0) is 25.2 Å². The first-order valence-electron chi connectivity index (χ1n) is 31.4. The molecule has 0 fully saturated rings. The molecule has 0 aromatic carbocycles. The van der Waals surface area contributed by atoms with Crippen LogP contribution in [0.3, 0.4) is 0 Å². The van der Waals surface area contributed by atoms with Crippen LogP contribution in [0.15, 0.2) is 0 Å². The molecule has 0 heterocycles. The Morgan fingerprint density at radius 3 is 0.754 bits per heavy atom. The van der Waals surface area contributed by atoms with Crippen LogP contribution in [0.1, 0.15) is 362 Å². The van der Waals surface area contributed by atoms with E-state index < -0.39 is 6.10 Å². The van der Waals surface area contributed by atoms with E-state index in [9.17, 15) is 14.4 Å². The Morgan fingerprint density at radius 2 is 0.507 bits per heavy atom. The van der Waals surface area contributed by atoms with Crippen molar-refractivity contribution in [3.05, 3.63) is 0 Å². The third-order valence-electron chi connectivity index (χ3n) is 14.9. The van der Waals surface area contributed by atoms with Gasteiger partial charge in [-0.25, -0.2) is 0 Å². The molecule has 0 radical (unpaired) electrons. The molecular formula is C63H122O6. The zero-order valence-electron chi connectivity index (χ0n) is 47.3. The Kier molecular flexibility index (Phi) is 56.0. The summed E-state index contributed by atoms with van der Waals surface area (Å²) in [5, 5.41) is 0. The van der Waals surface area contributed by atoms with E-state index in [4.69, 9.17) is 14.2 Å². The summed E-state index contributed by atoms with van der Waals surface area (Å²) in [7, 11) is 0. The first kappa shape index (κ1) is 67.4. The average Bonchev–Trinajstić information content (AvgIpc) is 3.35. The topological polar surface area (TPSA) is 78.9 Å². The van der Waals surface area contributed by atoms with Gasteiger partial charge < -0.3 is 14.2 Å². The van der Waals surface area contributed by atoms with Crippen molar-refractivity contribution in [1.82, 2.24) is 0 Å². The van der Waals surface area contributed by atoms with E-state index in [1.54, 1.807) is 0 Å². The second-order valence-electron chi connectivity index (χ2n) is 21.9. The highest BCUT2D eigenvalue weighted by molar-refractivity contribution is 5.71. The number of ether oxygens (including phenoxy) is 3. The molecule has 69 heavy (non-hydrogen) atoms. The molecular weight excluding hydrogens is 853 g/mol. The van der Waals surface area contributed by atoms with Crippen LogP contribution in [0, 0.1) is 5.92 Å². The lowest BCUT2D eigenvalue weighted by atomic mass is 9.99. The third kappa shape index (κ3) is 55.6. The second kappa shape index (κ2) is 57.3. The fourth-order valence-corrected chi connectivity index (χ4v) is 9.78. The van der Waals surface area contributed by atoms with Gasteiger partial charge in [-0.2, -0.15) is 0 Å². The van der Waals surface area contributed by atoms with Gasteiger partial charge in [0.2, 0.25) is 0 Å². The molecule has 0 saturated heterocycles. The van der Waals surface area contributed by atoms with Gasteiger partial charge in [0.15, 0.2) is 6.10 Å². The van der Waals surface area contributed by atoms with Crippen LogP contribution in [-0.4, -0.2) is 37.2 Å². The summed E-state index contributed by atoms with van der Waals surface area (Å²) in [6, 6.07) is 0. The first-order chi connectivity index (χ1) is 33.9. The van der Waals surface area contributed by atoms with Crippen molar-refractivity contribution in [2.75, 3.05) is 13.2 Å². The molecule has 0 aliphatic rings. The fourth-order valence-electron chi connectivity index (χ4n) is 9.78. The quantitative estimate of drug-likeness (QED) is 0.0343. The minimum Gasteiger partial charge on any atom is -0.462 e. The molecule has 410 valence electrons. The summed E-state index contributed by atoms with van der Waals surface area (Å²) in [6.45, 7) is 9.12. The van der Waals surface area contributed by atoms with E-state index in [1.807, 2.05) is 0 Å². The first-order valence-corrected chi connectivity index (χ1v) is 31.4. The Bertz CT molecular complexity index is 1040. The largest absolute Gasteiger partial charge is 0.462 e. The molecule has 0 rings (SSSR count). The molecule has 2 atom stereocenters. The van der Waals surface area contributed by atoms with Crippen molar-refractivity contribution in [3.63, 3.8) is 0 Å². The molecule has 0 spiro atoms. The van der Waals surface area contributed by atoms with E-state index in [2.05, 4.69) is 27.7 Å². The highest BCUT2D eigenvalue weighted by Gasteiger charge is 2.19. The van der Waals surface area contributed by atoms with Crippen molar-refractivity contribution in [3.8, 4) is 0 Å². The van der Waals surface area contributed by atoms with Crippen molar-refractivity contribution < 1.29 is 28.6 Å². The Morgan fingerprint density at radius 1 is 0.290 bits per heavy atom. The summed E-state index contributed by atoms with van der Waals surface area (Å²) in [5.74, 6) is 0.0674. The molecule has 0 N–H and O–H groups in total. The van der Waals surface area contributed by atoms with Crippen LogP contribution in [0.25, 0.3) is 0 Å². The van der Waals surface area contributed by atoms with Gasteiger partial charge in [-0.1, -0.05) is 323 Å². The lowest BCUT2D eigenvalue weighted by Crippen LogP contribution is -2.30. The van der Waals surface area contributed by atoms with Crippen LogP contribution in [0.2, 0.25) is 0 Å². The number of esters is 3. The van der Waals surface area contributed by atoms with Crippen LogP contribution >= 0.6 is 0 Å². The Balaban J connectivity index is 4.29. The Labute approximate surface area is 431 Å². The summed E-state index contributed by atoms with van der Waals surface area (Å²) >= 11 is 0. The monoisotopic (exact) mass is 975 g/mol. The van der Waals surface area contributed by atoms with Gasteiger partial charge in [-0.15, -0.1) is 0 Å². The van der Waals surface area contributed by atoms with E-state index in [-0.39, 0.29) is 31.1 Å². The lowest BCUT2D eigenvalue weighted by Gasteiger charge is -2.18. The summed E-state index contributed by atoms with van der Waals surface area (Å²) in [5.41, 5.74) is 0. The van der Waals surface area contributed by atoms with Crippen molar-refractivity contribution in [2.45, 2.75) is 368 Å². The van der Waals surface area contributed by atoms with E-state index in [0.717, 1.165) is 63.7 Å². The highest BCUT2D eigenvalue weighted by Crippen LogP contribution is 2.19. The lowest BCUT2D eigenvalue weighted by molar-refractivity contribution is -0.167. The predicted molar refractivity (Wildman–Crippen MR) is 298 cm³/mol. The van der Waals surface area contributed by atoms with Crippen molar-refractivity contribution in [2.24, 2.45) is 5.92 Å². The van der Waals surface area contributed by atoms with Gasteiger partial charge in [0.25, 0.3) is 0 Å².